The Morgan fingerprint density at radius 3 is 2.63 bits per heavy atom. The number of Topliss-reactive ketones (excluding diaryl/α,β-unsaturated/α-hetero) is 1. The molecule has 0 aliphatic heterocycles. The lowest BCUT2D eigenvalue weighted by Gasteiger charge is -2.05. The van der Waals surface area contributed by atoms with Gasteiger partial charge in [-0.15, -0.1) is 0 Å². The van der Waals surface area contributed by atoms with Crippen LogP contribution >= 0.6 is 0 Å². The molecular formula is C17H16FNO7S. The van der Waals surface area contributed by atoms with Crippen LogP contribution in [0.2, 0.25) is 0 Å². The highest BCUT2D eigenvalue weighted by atomic mass is 32.2. The van der Waals surface area contributed by atoms with E-state index >= 15 is 0 Å². The molecule has 0 unspecified atom stereocenters. The van der Waals surface area contributed by atoms with Crippen LogP contribution < -0.4 is 9.46 Å². The van der Waals surface area contributed by atoms with Crippen molar-refractivity contribution < 1.29 is 36.3 Å². The number of ketones is 1. The van der Waals surface area contributed by atoms with Crippen molar-refractivity contribution in [3.63, 3.8) is 0 Å². The minimum Gasteiger partial charge on any atom is -0.494 e. The number of halogens is 1. The number of rotatable bonds is 8. The van der Waals surface area contributed by atoms with Crippen molar-refractivity contribution in [3.8, 4) is 5.75 Å². The molecule has 0 saturated heterocycles. The highest BCUT2D eigenvalue weighted by Crippen LogP contribution is 2.23. The van der Waals surface area contributed by atoms with Crippen LogP contribution in [0.1, 0.15) is 33.8 Å². The van der Waals surface area contributed by atoms with E-state index in [1.165, 1.54) is 19.2 Å². The monoisotopic (exact) mass is 397 g/mol. The van der Waals surface area contributed by atoms with Gasteiger partial charge in [0.05, 0.1) is 7.11 Å². The summed E-state index contributed by atoms with van der Waals surface area (Å²) >= 11 is 0. The van der Waals surface area contributed by atoms with Gasteiger partial charge in [0, 0.05) is 11.6 Å². The molecule has 0 radical (unpaired) electrons. The number of sulfonamides is 1. The highest BCUT2D eigenvalue weighted by Gasteiger charge is 2.30. The quantitative estimate of drug-likeness (QED) is 0.535. The first-order chi connectivity index (χ1) is 12.8. The molecule has 2 aromatic rings. The van der Waals surface area contributed by atoms with Crippen LogP contribution in [-0.4, -0.2) is 39.9 Å². The fourth-order valence-corrected chi connectivity index (χ4v) is 3.42. The average Bonchev–Trinajstić information content (AvgIpc) is 3.28. The molecule has 0 atom stereocenters. The number of esters is 1. The van der Waals surface area contributed by atoms with Crippen molar-refractivity contribution in [2.45, 2.75) is 24.0 Å². The van der Waals surface area contributed by atoms with E-state index in [0.717, 1.165) is 31.0 Å². The number of benzene rings is 1. The van der Waals surface area contributed by atoms with E-state index in [-0.39, 0.29) is 23.1 Å². The van der Waals surface area contributed by atoms with Crippen molar-refractivity contribution >= 4 is 21.8 Å². The second-order valence-electron chi connectivity index (χ2n) is 5.86. The molecule has 0 amide bonds. The van der Waals surface area contributed by atoms with Crippen LogP contribution in [0.15, 0.2) is 39.8 Å². The Morgan fingerprint density at radius 2 is 2.00 bits per heavy atom. The van der Waals surface area contributed by atoms with Gasteiger partial charge in [0.15, 0.2) is 24.0 Å². The summed E-state index contributed by atoms with van der Waals surface area (Å²) in [6, 6.07) is 5.73. The van der Waals surface area contributed by atoms with Crippen molar-refractivity contribution in [1.82, 2.24) is 4.72 Å². The molecule has 1 fully saturated rings. The number of methoxy groups -OCH3 is 1. The van der Waals surface area contributed by atoms with E-state index in [9.17, 15) is 22.4 Å². The fraction of sp³-hybridized carbons (Fsp3) is 0.294. The molecule has 3 rings (SSSR count). The average molecular weight is 397 g/mol. The van der Waals surface area contributed by atoms with E-state index in [1.54, 1.807) is 0 Å². The van der Waals surface area contributed by atoms with E-state index < -0.39 is 39.3 Å². The molecule has 1 aliphatic carbocycles. The van der Waals surface area contributed by atoms with E-state index in [4.69, 9.17) is 13.9 Å². The number of furan rings is 1. The number of carbonyl (C=O) groups is 2. The number of hydrogen-bond acceptors (Lipinski definition) is 7. The fourth-order valence-electron chi connectivity index (χ4n) is 2.18. The first-order valence-electron chi connectivity index (χ1n) is 7.96. The second-order valence-corrected chi connectivity index (χ2v) is 7.51. The van der Waals surface area contributed by atoms with Crippen LogP contribution in [0, 0.1) is 5.82 Å². The summed E-state index contributed by atoms with van der Waals surface area (Å²) in [4.78, 5) is 23.9. The van der Waals surface area contributed by atoms with Gasteiger partial charge in [-0.3, -0.25) is 4.79 Å². The summed E-state index contributed by atoms with van der Waals surface area (Å²) in [7, 11) is -2.55. The van der Waals surface area contributed by atoms with Crippen LogP contribution in [0.3, 0.4) is 0 Å². The molecule has 0 spiro atoms. The maximum absolute atomic E-state index is 13.6. The Balaban J connectivity index is 1.61. The van der Waals surface area contributed by atoms with Gasteiger partial charge in [-0.1, -0.05) is 0 Å². The Labute approximate surface area is 154 Å². The molecule has 144 valence electrons. The molecule has 1 N–H and O–H groups in total. The molecule has 8 nitrogen and oxygen atoms in total. The van der Waals surface area contributed by atoms with Crippen molar-refractivity contribution in [1.29, 1.82) is 0 Å². The van der Waals surface area contributed by atoms with Gasteiger partial charge in [-0.05, 0) is 43.2 Å². The summed E-state index contributed by atoms with van der Waals surface area (Å²) in [5.41, 5.74) is -0.00237. The first-order valence-corrected chi connectivity index (χ1v) is 9.44. The summed E-state index contributed by atoms with van der Waals surface area (Å²) in [6.07, 6.45) is 1.51. The maximum atomic E-state index is 13.6. The molecule has 27 heavy (non-hydrogen) atoms. The predicted molar refractivity (Wildman–Crippen MR) is 89.6 cm³/mol. The van der Waals surface area contributed by atoms with Gasteiger partial charge in [0.2, 0.25) is 10.9 Å². The molecule has 1 aromatic carbocycles. The predicted octanol–water partition coefficient (Wildman–Crippen LogP) is 1.91. The van der Waals surface area contributed by atoms with Crippen LogP contribution in [0.4, 0.5) is 4.39 Å². The van der Waals surface area contributed by atoms with Gasteiger partial charge in [-0.2, -0.15) is 0 Å². The maximum Gasteiger partial charge on any atom is 0.374 e. The second kappa shape index (κ2) is 7.49. The number of ether oxygens (including phenoxy) is 2. The lowest BCUT2D eigenvalue weighted by Crippen LogP contribution is -2.25. The lowest BCUT2D eigenvalue weighted by atomic mass is 10.1. The number of nitrogens with one attached hydrogen (secondary N) is 1. The molecule has 10 heteroatoms. The van der Waals surface area contributed by atoms with E-state index in [2.05, 4.69) is 4.72 Å². The van der Waals surface area contributed by atoms with E-state index in [0.29, 0.717) is 0 Å². The molecule has 1 heterocycles. The topological polar surface area (TPSA) is 112 Å². The Kier molecular flexibility index (Phi) is 5.29. The zero-order valence-electron chi connectivity index (χ0n) is 14.2. The van der Waals surface area contributed by atoms with Crippen LogP contribution in [0.25, 0.3) is 0 Å². The standard InChI is InChI=1S/C17H16FNO7S/c1-24-14-5-2-10(8-12(14)18)13(20)9-25-17(21)15-6-7-16(26-15)27(22,23)19-11-3-4-11/h2,5-8,11,19H,3-4,9H2,1H3. The minimum atomic E-state index is -3.84. The molecule has 1 saturated carbocycles. The smallest absolute Gasteiger partial charge is 0.374 e. The lowest BCUT2D eigenvalue weighted by molar-refractivity contribution is 0.0438. The molecular weight excluding hydrogens is 381 g/mol. The number of carbonyl (C=O) groups excluding carboxylic acids is 2. The minimum absolute atomic E-state index is 0.00237. The van der Waals surface area contributed by atoms with Gasteiger partial charge >= 0.3 is 5.97 Å². The largest absolute Gasteiger partial charge is 0.494 e. The zero-order valence-corrected chi connectivity index (χ0v) is 15.0. The normalized spacial score (nSPS) is 14.0. The summed E-state index contributed by atoms with van der Waals surface area (Å²) in [5.74, 6) is -2.75. The SMILES string of the molecule is COc1ccc(C(=O)COC(=O)c2ccc(S(=O)(=O)NC3CC3)o2)cc1F. The Bertz CT molecular complexity index is 979. The molecule has 1 aromatic heterocycles. The highest BCUT2D eigenvalue weighted by molar-refractivity contribution is 7.89. The van der Waals surface area contributed by atoms with Gasteiger partial charge in [0.25, 0.3) is 10.0 Å². The van der Waals surface area contributed by atoms with E-state index in [1.807, 2.05) is 0 Å². The first kappa shape index (κ1) is 19.1. The van der Waals surface area contributed by atoms with Crippen LogP contribution in [-0.2, 0) is 14.8 Å². The van der Waals surface area contributed by atoms with Crippen molar-refractivity contribution in [3.05, 3.63) is 47.5 Å². The zero-order chi connectivity index (χ0) is 19.6. The van der Waals surface area contributed by atoms with Crippen LogP contribution in [0.5, 0.6) is 5.75 Å². The van der Waals surface area contributed by atoms with Gasteiger partial charge < -0.3 is 13.9 Å². The Morgan fingerprint density at radius 1 is 1.26 bits per heavy atom. The Hall–Kier alpha value is -2.72. The summed E-state index contributed by atoms with van der Waals surface area (Å²) in [6.45, 7) is -0.659. The molecule has 0 bridgehead atoms. The van der Waals surface area contributed by atoms with Crippen molar-refractivity contribution in [2.24, 2.45) is 0 Å². The van der Waals surface area contributed by atoms with Gasteiger partial charge in [0.1, 0.15) is 0 Å². The third kappa shape index (κ3) is 4.52. The third-order valence-corrected chi connectivity index (χ3v) is 5.15. The number of hydrogen-bond donors (Lipinski definition) is 1. The van der Waals surface area contributed by atoms with Gasteiger partial charge in [-0.25, -0.2) is 22.3 Å². The third-order valence-electron chi connectivity index (χ3n) is 3.75. The summed E-state index contributed by atoms with van der Waals surface area (Å²) < 4.78 is 54.6. The van der Waals surface area contributed by atoms with Crippen molar-refractivity contribution in [2.75, 3.05) is 13.7 Å². The molecule has 1 aliphatic rings. The summed E-state index contributed by atoms with van der Waals surface area (Å²) in [5, 5.41) is -0.412.